The van der Waals surface area contributed by atoms with Crippen molar-refractivity contribution < 1.29 is 9.59 Å². The van der Waals surface area contributed by atoms with Gasteiger partial charge in [0.1, 0.15) is 5.69 Å². The Morgan fingerprint density at radius 1 is 1.30 bits per heavy atom. The minimum atomic E-state index is -0.221. The van der Waals surface area contributed by atoms with Crippen LogP contribution in [0.2, 0.25) is 0 Å². The smallest absolute Gasteiger partial charge is 0.268 e. The Labute approximate surface area is 117 Å². The molecule has 1 aliphatic heterocycles. The Hall–Kier alpha value is -1.98. The predicted octanol–water partition coefficient (Wildman–Crippen LogP) is 0.757. The lowest BCUT2D eigenvalue weighted by molar-refractivity contribution is -0.129. The van der Waals surface area contributed by atoms with Crippen LogP contribution in [0.1, 0.15) is 42.2 Å². The van der Waals surface area contributed by atoms with E-state index in [1.807, 2.05) is 4.57 Å². The third kappa shape index (κ3) is 2.64. The Morgan fingerprint density at radius 3 is 2.65 bits per heavy atom. The molecule has 2 heterocycles. The van der Waals surface area contributed by atoms with Gasteiger partial charge >= 0.3 is 0 Å². The van der Waals surface area contributed by atoms with Gasteiger partial charge in [-0.2, -0.15) is 0 Å². The number of aromatic nitrogens is 1. The van der Waals surface area contributed by atoms with Gasteiger partial charge in [-0.3, -0.25) is 9.59 Å². The Bertz CT molecular complexity index is 527. The molecule has 2 amide bonds. The third-order valence-corrected chi connectivity index (χ3v) is 3.90. The first-order valence-electron chi connectivity index (χ1n) is 7.18. The normalized spacial score (nSPS) is 18.3. The molecule has 3 N–H and O–H groups in total. The number of rotatable bonds is 4. The van der Waals surface area contributed by atoms with Crippen molar-refractivity contribution in [3.8, 4) is 0 Å². The van der Waals surface area contributed by atoms with Crippen molar-refractivity contribution in [2.45, 2.75) is 31.7 Å². The molecule has 0 atom stereocenters. The highest BCUT2D eigenvalue weighted by atomic mass is 16.2. The number of hydrogen-bond donors (Lipinski definition) is 2. The summed E-state index contributed by atoms with van der Waals surface area (Å²) in [6, 6.07) is 2.07. The standard InChI is InChI=1S/C14H20N4O2/c15-10-7-12(18(9-10)11-3-4-11)14(20)16-8-13(19)17-5-1-2-6-17/h7,9,11H,1-6,8,15H2,(H,16,20). The van der Waals surface area contributed by atoms with Crippen LogP contribution in [0.3, 0.4) is 0 Å². The number of anilines is 1. The summed E-state index contributed by atoms with van der Waals surface area (Å²) in [5.74, 6) is -0.227. The molecule has 3 rings (SSSR count). The molecule has 108 valence electrons. The Morgan fingerprint density at radius 2 is 2.00 bits per heavy atom. The molecule has 2 aliphatic rings. The zero-order valence-electron chi connectivity index (χ0n) is 11.5. The second-order valence-corrected chi connectivity index (χ2v) is 5.57. The lowest BCUT2D eigenvalue weighted by Crippen LogP contribution is -2.39. The van der Waals surface area contributed by atoms with Gasteiger partial charge in [-0.1, -0.05) is 0 Å². The summed E-state index contributed by atoms with van der Waals surface area (Å²) in [4.78, 5) is 25.9. The molecule has 0 radical (unpaired) electrons. The lowest BCUT2D eigenvalue weighted by atomic mass is 10.3. The maximum Gasteiger partial charge on any atom is 0.268 e. The predicted molar refractivity (Wildman–Crippen MR) is 75.3 cm³/mol. The highest BCUT2D eigenvalue weighted by Crippen LogP contribution is 2.37. The van der Waals surface area contributed by atoms with Crippen molar-refractivity contribution in [1.82, 2.24) is 14.8 Å². The number of nitrogens with zero attached hydrogens (tertiary/aromatic N) is 2. The number of nitrogen functional groups attached to an aromatic ring is 1. The molecule has 1 aliphatic carbocycles. The summed E-state index contributed by atoms with van der Waals surface area (Å²) in [6.07, 6.45) is 6.08. The average molecular weight is 276 g/mol. The van der Waals surface area contributed by atoms with Gasteiger partial charge in [0.15, 0.2) is 0 Å². The van der Waals surface area contributed by atoms with E-state index in [1.165, 1.54) is 0 Å². The largest absolute Gasteiger partial charge is 0.397 e. The highest BCUT2D eigenvalue weighted by Gasteiger charge is 2.28. The molecule has 0 bridgehead atoms. The van der Waals surface area contributed by atoms with Crippen LogP contribution in [0.15, 0.2) is 12.3 Å². The van der Waals surface area contributed by atoms with E-state index in [9.17, 15) is 9.59 Å². The van der Waals surface area contributed by atoms with Crippen molar-refractivity contribution in [2.75, 3.05) is 25.4 Å². The molecule has 1 saturated heterocycles. The molecule has 2 fully saturated rings. The molecule has 6 heteroatoms. The molecule has 6 nitrogen and oxygen atoms in total. The number of amides is 2. The van der Waals surface area contributed by atoms with Crippen molar-refractivity contribution in [1.29, 1.82) is 0 Å². The second-order valence-electron chi connectivity index (χ2n) is 5.57. The fraction of sp³-hybridized carbons (Fsp3) is 0.571. The van der Waals surface area contributed by atoms with Gasteiger partial charge in [-0.25, -0.2) is 0 Å². The molecule has 0 spiro atoms. The zero-order chi connectivity index (χ0) is 14.1. The molecule has 1 saturated carbocycles. The number of likely N-dealkylation sites (tertiary alicyclic amines) is 1. The lowest BCUT2D eigenvalue weighted by Gasteiger charge is -2.15. The van der Waals surface area contributed by atoms with Crippen LogP contribution >= 0.6 is 0 Å². The quantitative estimate of drug-likeness (QED) is 0.852. The van der Waals surface area contributed by atoms with E-state index in [0.29, 0.717) is 17.4 Å². The molecule has 1 aromatic heterocycles. The van der Waals surface area contributed by atoms with Gasteiger partial charge in [0.2, 0.25) is 5.91 Å². The number of carbonyl (C=O) groups excluding carboxylic acids is 2. The van der Waals surface area contributed by atoms with E-state index in [2.05, 4.69) is 5.32 Å². The minimum absolute atomic E-state index is 0.00616. The topological polar surface area (TPSA) is 80.4 Å². The minimum Gasteiger partial charge on any atom is -0.397 e. The van der Waals surface area contributed by atoms with Gasteiger partial charge in [0.05, 0.1) is 12.2 Å². The number of nitrogens with one attached hydrogen (secondary N) is 1. The Kier molecular flexibility index (Phi) is 3.38. The number of nitrogens with two attached hydrogens (primary N) is 1. The van der Waals surface area contributed by atoms with Gasteiger partial charge < -0.3 is 20.5 Å². The van der Waals surface area contributed by atoms with Crippen LogP contribution in [0.4, 0.5) is 5.69 Å². The van der Waals surface area contributed by atoms with Crippen LogP contribution in [0.25, 0.3) is 0 Å². The fourth-order valence-electron chi connectivity index (χ4n) is 2.66. The summed E-state index contributed by atoms with van der Waals surface area (Å²) >= 11 is 0. The summed E-state index contributed by atoms with van der Waals surface area (Å²) in [6.45, 7) is 1.68. The fourth-order valence-corrected chi connectivity index (χ4v) is 2.66. The van der Waals surface area contributed by atoms with Crippen LogP contribution < -0.4 is 11.1 Å². The van der Waals surface area contributed by atoms with Crippen LogP contribution in [0.5, 0.6) is 0 Å². The first-order chi connectivity index (χ1) is 9.65. The molecule has 0 unspecified atom stereocenters. The monoisotopic (exact) mass is 276 g/mol. The zero-order valence-corrected chi connectivity index (χ0v) is 11.5. The Balaban J connectivity index is 1.60. The summed E-state index contributed by atoms with van der Waals surface area (Å²) in [5.41, 5.74) is 6.91. The molecule has 20 heavy (non-hydrogen) atoms. The molecule has 1 aromatic rings. The van der Waals surface area contributed by atoms with E-state index < -0.39 is 0 Å². The van der Waals surface area contributed by atoms with Gasteiger partial charge in [-0.05, 0) is 31.7 Å². The summed E-state index contributed by atoms with van der Waals surface area (Å²) in [5, 5.41) is 2.71. The second kappa shape index (κ2) is 5.19. The molecule has 0 aromatic carbocycles. The van der Waals surface area contributed by atoms with Crippen LogP contribution in [-0.4, -0.2) is 40.9 Å². The van der Waals surface area contributed by atoms with Crippen molar-refractivity contribution in [3.05, 3.63) is 18.0 Å². The molecular formula is C14H20N4O2. The van der Waals surface area contributed by atoms with Gasteiger partial charge in [0, 0.05) is 25.3 Å². The van der Waals surface area contributed by atoms with E-state index in [-0.39, 0.29) is 18.4 Å². The SMILES string of the molecule is Nc1cc(C(=O)NCC(=O)N2CCCC2)n(C2CC2)c1. The van der Waals surface area contributed by atoms with Gasteiger partial charge in [0.25, 0.3) is 5.91 Å². The van der Waals surface area contributed by atoms with E-state index in [1.54, 1.807) is 17.2 Å². The summed E-state index contributed by atoms with van der Waals surface area (Å²) < 4.78 is 1.92. The first-order valence-corrected chi connectivity index (χ1v) is 7.18. The maximum atomic E-state index is 12.2. The first kappa shape index (κ1) is 13.0. The third-order valence-electron chi connectivity index (χ3n) is 3.90. The van der Waals surface area contributed by atoms with Crippen molar-refractivity contribution >= 4 is 17.5 Å². The van der Waals surface area contributed by atoms with E-state index in [0.717, 1.165) is 38.8 Å². The molecular weight excluding hydrogens is 256 g/mol. The average Bonchev–Trinajstić information content (AvgIpc) is 2.98. The van der Waals surface area contributed by atoms with E-state index >= 15 is 0 Å². The van der Waals surface area contributed by atoms with Crippen LogP contribution in [-0.2, 0) is 4.79 Å². The summed E-state index contributed by atoms with van der Waals surface area (Å²) in [7, 11) is 0. The van der Waals surface area contributed by atoms with Crippen molar-refractivity contribution in [2.24, 2.45) is 0 Å². The maximum absolute atomic E-state index is 12.2. The van der Waals surface area contributed by atoms with E-state index in [4.69, 9.17) is 5.73 Å². The van der Waals surface area contributed by atoms with Crippen molar-refractivity contribution in [3.63, 3.8) is 0 Å². The van der Waals surface area contributed by atoms with Gasteiger partial charge in [-0.15, -0.1) is 0 Å². The van der Waals surface area contributed by atoms with Crippen LogP contribution in [0, 0.1) is 0 Å². The number of hydrogen-bond acceptors (Lipinski definition) is 3. The number of carbonyl (C=O) groups is 2. The highest BCUT2D eigenvalue weighted by molar-refractivity contribution is 5.96.